The lowest BCUT2D eigenvalue weighted by atomic mass is 10.1. The standard InChI is InChI=1S/3C22H22F2N4O.C20H21FN4OS/c1-28(2)13-22(9-10-22)21(29)25-20-11-16-18(26-27-19(16)12-17(20)24)8-5-14-3-6-15(23)7-4-14;1-28(2)13-22(8-9-22)21(29)25-20-11-16-18(26-27-19(16)12-17(20)24)7-6-14-4-3-5-15(23)10-14;1-28(2)13-22(9-10-22)21(29)25-20-11-15-18(26-27-19(15)12-17(20)24)8-7-14-5-3-4-6-16(14)23;1-25(2)12-20(7-8-20)19(26)22-18-10-14-16(6-5-13-4-3-9-27-13)23-24-17(14)11-15(18)21/h3-8,11-12H,9-10,13H2,1-2H3,(H,25,29)(H,26,27);3-7,10-12H,8-9,13H2,1-2H3,(H,25,29)(H,26,27);3-8,11-12H,9-10,13H2,1-2H3,(H,25,29)(H,26,27);3-6,9-11H,7-8,12H2,1-2H3,(H,22,26)(H,23,24)/b8-5+;7-6+;8-7+;6-5+. The van der Waals surface area contributed by atoms with E-state index >= 15 is 0 Å². The summed E-state index contributed by atoms with van der Waals surface area (Å²) in [6.45, 7) is 2.57. The summed E-state index contributed by atoms with van der Waals surface area (Å²) in [5, 5.41) is 43.9. The maximum absolute atomic E-state index is 14.5. The van der Waals surface area contributed by atoms with Gasteiger partial charge in [-0.2, -0.15) is 20.4 Å². The van der Waals surface area contributed by atoms with Gasteiger partial charge in [0, 0.05) is 82.4 Å². The zero-order valence-electron chi connectivity index (χ0n) is 64.1. The van der Waals surface area contributed by atoms with Gasteiger partial charge < -0.3 is 40.9 Å². The number of thiophene rings is 1. The van der Waals surface area contributed by atoms with Gasteiger partial charge in [-0.1, -0.05) is 60.7 Å². The van der Waals surface area contributed by atoms with Crippen molar-refractivity contribution in [2.75, 3.05) is 104 Å². The van der Waals surface area contributed by atoms with E-state index in [9.17, 15) is 49.9 Å². The van der Waals surface area contributed by atoms with Crippen LogP contribution < -0.4 is 21.3 Å². The van der Waals surface area contributed by atoms with E-state index in [-0.39, 0.29) is 63.8 Å². The number of halogens is 7. The number of H-pyrrole nitrogens is 4. The summed E-state index contributed by atoms with van der Waals surface area (Å²) in [7, 11) is 15.4. The summed E-state index contributed by atoms with van der Waals surface area (Å²) in [4.78, 5) is 59.8. The fraction of sp³-hybridized carbons (Fsp3) is 0.279. The molecule has 16 rings (SSSR count). The third kappa shape index (κ3) is 19.3. The maximum atomic E-state index is 14.5. The number of amides is 4. The third-order valence-corrected chi connectivity index (χ3v) is 21.2. The molecule has 0 aliphatic heterocycles. The van der Waals surface area contributed by atoms with Gasteiger partial charge in [0.15, 0.2) is 0 Å². The number of aromatic nitrogens is 8. The van der Waals surface area contributed by atoms with Crippen LogP contribution >= 0.6 is 11.3 Å². The van der Waals surface area contributed by atoms with Crippen LogP contribution in [0.15, 0.2) is 139 Å². The van der Waals surface area contributed by atoms with Gasteiger partial charge in [-0.05, 0) is 221 Å². The van der Waals surface area contributed by atoms with Crippen LogP contribution in [0, 0.1) is 62.4 Å². The van der Waals surface area contributed by atoms with E-state index in [2.05, 4.69) is 62.1 Å². The molecule has 590 valence electrons. The van der Waals surface area contributed by atoms with E-state index in [1.54, 1.807) is 115 Å². The van der Waals surface area contributed by atoms with Gasteiger partial charge in [0.05, 0.1) is 89.3 Å². The number of anilines is 4. The van der Waals surface area contributed by atoms with Gasteiger partial charge in [-0.25, -0.2) is 30.7 Å². The minimum Gasteiger partial charge on any atom is -0.323 e. The number of carbonyl (C=O) groups excluding carboxylic acids is 4. The Labute approximate surface area is 657 Å². The first kappa shape index (κ1) is 80.4. The molecule has 4 saturated carbocycles. The number of fused-ring (bicyclic) bond motifs is 4. The summed E-state index contributed by atoms with van der Waals surface area (Å²) in [6.07, 6.45) is 20.6. The summed E-state index contributed by atoms with van der Waals surface area (Å²) in [5.41, 5.74) is 5.40. The number of aromatic amines is 4. The quantitative estimate of drug-likeness (QED) is 0.0263. The fourth-order valence-electron chi connectivity index (χ4n) is 13.9. The summed E-state index contributed by atoms with van der Waals surface area (Å²) < 4.78 is 98.3. The van der Waals surface area contributed by atoms with Crippen LogP contribution in [-0.2, 0) is 19.2 Å². The lowest BCUT2D eigenvalue weighted by Gasteiger charge is -2.19. The van der Waals surface area contributed by atoms with Crippen molar-refractivity contribution in [1.82, 2.24) is 60.4 Å². The Morgan fingerprint density at radius 3 is 1.03 bits per heavy atom. The van der Waals surface area contributed by atoms with Gasteiger partial charge in [0.2, 0.25) is 23.6 Å². The normalized spacial score (nSPS) is 15.4. The average molecular weight is 1570 g/mol. The van der Waals surface area contributed by atoms with Gasteiger partial charge in [0.25, 0.3) is 0 Å². The molecular formula is C86H87F7N16O4S. The van der Waals surface area contributed by atoms with Crippen LogP contribution in [0.4, 0.5) is 53.5 Å². The Morgan fingerprint density at radius 2 is 0.702 bits per heavy atom. The first-order valence-electron chi connectivity index (χ1n) is 37.1. The van der Waals surface area contributed by atoms with E-state index in [1.165, 1.54) is 54.6 Å². The van der Waals surface area contributed by atoms with Gasteiger partial charge in [-0.3, -0.25) is 39.6 Å². The maximum Gasteiger partial charge on any atom is 0.231 e. The van der Waals surface area contributed by atoms with Crippen LogP contribution in [0.25, 0.3) is 92.2 Å². The Kier molecular flexibility index (Phi) is 23.9. The Morgan fingerprint density at radius 1 is 0.360 bits per heavy atom. The molecule has 20 nitrogen and oxygen atoms in total. The molecule has 4 fully saturated rings. The number of nitrogens with zero attached hydrogens (tertiary/aromatic N) is 8. The molecule has 5 heterocycles. The highest BCUT2D eigenvalue weighted by atomic mass is 32.1. The zero-order chi connectivity index (χ0) is 80.8. The van der Waals surface area contributed by atoms with Gasteiger partial charge >= 0.3 is 0 Å². The van der Waals surface area contributed by atoms with Crippen molar-refractivity contribution in [3.8, 4) is 0 Å². The topological polar surface area (TPSA) is 244 Å². The van der Waals surface area contributed by atoms with Crippen molar-refractivity contribution in [3.05, 3.63) is 224 Å². The SMILES string of the molecule is CN(C)CC1(C(=O)Nc2cc3c(/C=C/c4ccc(F)cc4)n[nH]c3cc2F)CC1.CN(C)CC1(C(=O)Nc2cc3c(/C=C/c4cccc(F)c4)n[nH]c3cc2F)CC1.CN(C)CC1(C(=O)Nc2cc3c(/C=C/c4ccccc4F)n[nH]c3cc2F)CC1.CN(C)CC1(C(=O)Nc2cc3c(/C=C/c4cccs4)n[nH]c3cc2F)CC1. The van der Waals surface area contributed by atoms with Crippen molar-refractivity contribution < 1.29 is 49.9 Å². The highest BCUT2D eigenvalue weighted by molar-refractivity contribution is 7.10. The molecular weight excluding hydrogens is 1490 g/mol. The van der Waals surface area contributed by atoms with Crippen LogP contribution in [-0.4, -0.2) is 167 Å². The molecule has 0 radical (unpaired) electrons. The molecule has 8 N–H and O–H groups in total. The van der Waals surface area contributed by atoms with Crippen molar-refractivity contribution in [2.24, 2.45) is 21.7 Å². The van der Waals surface area contributed by atoms with E-state index in [4.69, 9.17) is 0 Å². The number of rotatable bonds is 24. The minimum absolute atomic E-state index is 0.117. The second kappa shape index (κ2) is 33.9. The van der Waals surface area contributed by atoms with E-state index < -0.39 is 44.9 Å². The van der Waals surface area contributed by atoms with Crippen LogP contribution in [0.3, 0.4) is 0 Å². The largest absolute Gasteiger partial charge is 0.323 e. The van der Waals surface area contributed by atoms with Crippen molar-refractivity contribution in [2.45, 2.75) is 51.4 Å². The Bertz CT molecular complexity index is 5670. The number of hydrogen-bond donors (Lipinski definition) is 8. The Balaban J connectivity index is 0.000000133. The second-order valence-corrected chi connectivity index (χ2v) is 31.8. The molecule has 4 aliphatic carbocycles. The molecule has 0 atom stereocenters. The molecule has 7 aromatic carbocycles. The van der Waals surface area contributed by atoms with Crippen LogP contribution in [0.5, 0.6) is 0 Å². The number of hydrogen-bond acceptors (Lipinski definition) is 13. The van der Waals surface area contributed by atoms with Gasteiger partial charge in [-0.15, -0.1) is 11.3 Å². The smallest absolute Gasteiger partial charge is 0.231 e. The van der Waals surface area contributed by atoms with Crippen LogP contribution in [0.2, 0.25) is 0 Å². The first-order chi connectivity index (χ1) is 54.6. The molecule has 28 heteroatoms. The highest BCUT2D eigenvalue weighted by Gasteiger charge is 2.53. The van der Waals surface area contributed by atoms with Gasteiger partial charge in [0.1, 0.15) is 40.7 Å². The highest BCUT2D eigenvalue weighted by Crippen LogP contribution is 2.50. The van der Waals surface area contributed by atoms with E-state index in [0.717, 1.165) is 67.2 Å². The molecule has 4 aliphatic rings. The molecule has 4 amide bonds. The molecule has 0 saturated heterocycles. The van der Waals surface area contributed by atoms with Crippen molar-refractivity contribution >= 4 is 150 Å². The van der Waals surface area contributed by atoms with Crippen molar-refractivity contribution in [3.63, 3.8) is 0 Å². The predicted octanol–water partition coefficient (Wildman–Crippen LogP) is 17.1. The van der Waals surface area contributed by atoms with E-state index in [1.807, 2.05) is 106 Å². The Hall–Kier alpha value is -11.7. The molecule has 114 heavy (non-hydrogen) atoms. The average Bonchev–Trinajstić information content (AvgIpc) is 1.63. The van der Waals surface area contributed by atoms with Crippen molar-refractivity contribution in [1.29, 1.82) is 0 Å². The molecule has 0 bridgehead atoms. The summed E-state index contributed by atoms with van der Waals surface area (Å²) in [6, 6.07) is 34.4. The number of benzene rings is 7. The molecule has 5 aromatic heterocycles. The summed E-state index contributed by atoms with van der Waals surface area (Å²) in [5.74, 6) is -3.58. The lowest BCUT2D eigenvalue weighted by Crippen LogP contribution is -2.33. The van der Waals surface area contributed by atoms with Crippen LogP contribution in [0.1, 0.15) is 95.7 Å². The summed E-state index contributed by atoms with van der Waals surface area (Å²) >= 11 is 1.63. The third-order valence-electron chi connectivity index (χ3n) is 20.4. The molecule has 12 aromatic rings. The molecule has 0 spiro atoms. The monoisotopic (exact) mass is 1570 g/mol. The predicted molar refractivity (Wildman–Crippen MR) is 439 cm³/mol. The zero-order valence-corrected chi connectivity index (χ0v) is 65.0. The molecule has 0 unspecified atom stereocenters. The fourth-order valence-corrected chi connectivity index (χ4v) is 14.5. The second-order valence-electron chi connectivity index (χ2n) is 30.8. The number of carbonyl (C=O) groups is 4. The lowest BCUT2D eigenvalue weighted by molar-refractivity contribution is -0.122. The minimum atomic E-state index is -0.528. The number of nitrogens with one attached hydrogen (secondary N) is 8. The first-order valence-corrected chi connectivity index (χ1v) is 38.0. The van der Waals surface area contributed by atoms with E-state index in [0.29, 0.717) is 98.3 Å².